The van der Waals surface area contributed by atoms with E-state index in [0.29, 0.717) is 45.6 Å². The molecule has 1 aliphatic heterocycles. The molecule has 9 heteroatoms. The molecule has 5 rings (SSSR count). The molecular formula is C32H34N4O5. The molecule has 9 nitrogen and oxygen atoms in total. The highest BCUT2D eigenvalue weighted by Crippen LogP contribution is 2.32. The van der Waals surface area contributed by atoms with E-state index >= 15 is 0 Å². The van der Waals surface area contributed by atoms with Gasteiger partial charge in [0.25, 0.3) is 0 Å². The molecule has 3 aromatic carbocycles. The van der Waals surface area contributed by atoms with Gasteiger partial charge in [-0.1, -0.05) is 36.4 Å². The molecule has 0 saturated carbocycles. The number of likely N-dealkylation sites (N-methyl/N-ethyl adjacent to an activating group) is 1. The Kier molecular flexibility index (Phi) is 8.88. The first kappa shape index (κ1) is 28.2. The number of methoxy groups -OCH3 is 1. The number of Topliss-reactive ketones (excluding diaryl/α,β-unsaturated/α-hetero) is 1. The molecule has 0 aliphatic carbocycles. The molecule has 1 aliphatic rings. The zero-order valence-electron chi connectivity index (χ0n) is 23.3. The van der Waals surface area contributed by atoms with Crippen LogP contribution in [-0.4, -0.2) is 97.4 Å². The van der Waals surface area contributed by atoms with Crippen LogP contribution in [0.15, 0.2) is 77.8 Å². The topological polar surface area (TPSA) is 107 Å². The first-order valence-electron chi connectivity index (χ1n) is 13.6. The number of piperazine rings is 1. The number of ketones is 1. The fourth-order valence-electron chi connectivity index (χ4n) is 4.89. The summed E-state index contributed by atoms with van der Waals surface area (Å²) in [6.45, 7) is 5.51. The summed E-state index contributed by atoms with van der Waals surface area (Å²) in [7, 11) is 3.45. The van der Waals surface area contributed by atoms with Gasteiger partial charge in [0.1, 0.15) is 6.61 Å². The second-order valence-corrected chi connectivity index (χ2v) is 10.1. The summed E-state index contributed by atoms with van der Waals surface area (Å²) < 4.78 is 10.5. The van der Waals surface area contributed by atoms with E-state index in [1.54, 1.807) is 42.5 Å². The average Bonchev–Trinajstić information content (AvgIpc) is 3.33. The van der Waals surface area contributed by atoms with Crippen molar-refractivity contribution in [3.63, 3.8) is 0 Å². The molecular weight excluding hydrogens is 520 g/mol. The summed E-state index contributed by atoms with van der Waals surface area (Å²) in [5.41, 5.74) is 3.98. The number of aliphatic imine (C=N–C) groups is 1. The molecule has 0 bridgehead atoms. The van der Waals surface area contributed by atoms with Crippen LogP contribution in [-0.2, 0) is 9.47 Å². The SMILES string of the molecule is COC(=O)c1ccc2c(C(=Nc3ccc(C(=O)COCCN4CCN(C)CC4)cc3)c3ccccc3)c(O)[nH]c2c1. The van der Waals surface area contributed by atoms with Crippen molar-refractivity contribution >= 4 is 34.1 Å². The maximum Gasteiger partial charge on any atom is 0.337 e. The molecule has 0 atom stereocenters. The van der Waals surface area contributed by atoms with E-state index < -0.39 is 5.97 Å². The number of nitrogens with one attached hydrogen (secondary N) is 1. The Hall–Kier alpha value is -4.31. The highest BCUT2D eigenvalue weighted by atomic mass is 16.5. The van der Waals surface area contributed by atoms with E-state index in [4.69, 9.17) is 14.5 Å². The van der Waals surface area contributed by atoms with Crippen LogP contribution in [0.4, 0.5) is 5.69 Å². The van der Waals surface area contributed by atoms with Crippen LogP contribution in [0.2, 0.25) is 0 Å². The molecule has 212 valence electrons. The maximum atomic E-state index is 12.7. The number of nitrogens with zero attached hydrogens (tertiary/aromatic N) is 3. The van der Waals surface area contributed by atoms with Gasteiger partial charge in [0, 0.05) is 54.8 Å². The number of benzene rings is 3. The van der Waals surface area contributed by atoms with Crippen molar-refractivity contribution in [3.05, 3.63) is 95.1 Å². The zero-order chi connectivity index (χ0) is 28.8. The molecule has 41 heavy (non-hydrogen) atoms. The number of carbonyl (C=O) groups excluding carboxylic acids is 2. The van der Waals surface area contributed by atoms with Gasteiger partial charge in [-0.25, -0.2) is 9.79 Å². The third-order valence-electron chi connectivity index (χ3n) is 7.29. The summed E-state index contributed by atoms with van der Waals surface area (Å²) in [6, 6.07) is 21.6. The van der Waals surface area contributed by atoms with Crippen molar-refractivity contribution in [2.75, 3.05) is 60.1 Å². The summed E-state index contributed by atoms with van der Waals surface area (Å²) in [5, 5.41) is 11.6. The van der Waals surface area contributed by atoms with Gasteiger partial charge in [-0.2, -0.15) is 0 Å². The van der Waals surface area contributed by atoms with Gasteiger partial charge < -0.3 is 24.5 Å². The highest BCUT2D eigenvalue weighted by molar-refractivity contribution is 6.22. The lowest BCUT2D eigenvalue weighted by Crippen LogP contribution is -2.45. The van der Waals surface area contributed by atoms with Crippen molar-refractivity contribution in [2.24, 2.45) is 4.99 Å². The van der Waals surface area contributed by atoms with Crippen LogP contribution >= 0.6 is 0 Å². The molecule has 0 unspecified atom stereocenters. The Labute approximate surface area is 239 Å². The number of aromatic amines is 1. The number of esters is 1. The molecule has 0 radical (unpaired) electrons. The fourth-order valence-corrected chi connectivity index (χ4v) is 4.89. The Morgan fingerprint density at radius 2 is 1.63 bits per heavy atom. The van der Waals surface area contributed by atoms with Gasteiger partial charge in [0.15, 0.2) is 11.7 Å². The predicted molar refractivity (Wildman–Crippen MR) is 159 cm³/mol. The van der Waals surface area contributed by atoms with Crippen LogP contribution < -0.4 is 0 Å². The monoisotopic (exact) mass is 554 g/mol. The lowest BCUT2D eigenvalue weighted by atomic mass is 10.00. The molecule has 4 aromatic rings. The third kappa shape index (κ3) is 6.71. The largest absolute Gasteiger partial charge is 0.494 e. The molecule has 2 heterocycles. The Morgan fingerprint density at radius 1 is 0.927 bits per heavy atom. The molecule has 1 fully saturated rings. The minimum absolute atomic E-state index is 0.0302. The summed E-state index contributed by atoms with van der Waals surface area (Å²) in [4.78, 5) is 37.2. The second kappa shape index (κ2) is 12.9. The quantitative estimate of drug-likeness (QED) is 0.130. The van der Waals surface area contributed by atoms with Crippen LogP contribution in [0.3, 0.4) is 0 Å². The van der Waals surface area contributed by atoms with Gasteiger partial charge in [0.05, 0.1) is 36.2 Å². The van der Waals surface area contributed by atoms with Gasteiger partial charge in [-0.05, 0) is 43.4 Å². The molecule has 1 aromatic heterocycles. The summed E-state index contributed by atoms with van der Waals surface area (Å²) >= 11 is 0. The number of H-pyrrole nitrogens is 1. The second-order valence-electron chi connectivity index (χ2n) is 10.1. The van der Waals surface area contributed by atoms with Gasteiger partial charge in [-0.3, -0.25) is 9.69 Å². The highest BCUT2D eigenvalue weighted by Gasteiger charge is 2.20. The number of hydrogen-bond donors (Lipinski definition) is 2. The Balaban J connectivity index is 1.34. The number of hydrogen-bond acceptors (Lipinski definition) is 8. The zero-order valence-corrected chi connectivity index (χ0v) is 23.3. The van der Waals surface area contributed by atoms with E-state index in [1.807, 2.05) is 30.3 Å². The number of carbonyl (C=O) groups is 2. The van der Waals surface area contributed by atoms with Gasteiger partial charge in [0.2, 0.25) is 0 Å². The van der Waals surface area contributed by atoms with Crippen molar-refractivity contribution in [1.29, 1.82) is 0 Å². The predicted octanol–water partition coefficient (Wildman–Crippen LogP) is 4.28. The summed E-state index contributed by atoms with van der Waals surface area (Å²) in [6.07, 6.45) is 0. The molecule has 0 spiro atoms. The average molecular weight is 555 g/mol. The normalized spacial score (nSPS) is 14.8. The Morgan fingerprint density at radius 3 is 2.34 bits per heavy atom. The number of aromatic hydroxyl groups is 1. The number of aromatic nitrogens is 1. The number of rotatable bonds is 10. The van der Waals surface area contributed by atoms with Crippen molar-refractivity contribution < 1.29 is 24.2 Å². The van der Waals surface area contributed by atoms with Crippen molar-refractivity contribution in [2.45, 2.75) is 0 Å². The number of fused-ring (bicyclic) bond motifs is 1. The lowest BCUT2D eigenvalue weighted by Gasteiger charge is -2.32. The van der Waals surface area contributed by atoms with Crippen molar-refractivity contribution in [3.8, 4) is 5.88 Å². The maximum absolute atomic E-state index is 12.7. The Bertz CT molecular complexity index is 1540. The van der Waals surface area contributed by atoms with E-state index in [2.05, 4.69) is 21.8 Å². The van der Waals surface area contributed by atoms with Crippen LogP contribution in [0.5, 0.6) is 5.88 Å². The minimum atomic E-state index is -0.463. The standard InChI is InChI=1S/C32H34N4O5/c1-35-14-16-36(17-15-35)18-19-41-21-28(37)22-8-11-25(12-9-22)33-30(23-6-4-3-5-7-23)29-26-13-10-24(32(39)40-2)20-27(26)34-31(29)38/h3-13,20,34,38H,14-19,21H2,1-2H3. The molecule has 2 N–H and O–H groups in total. The minimum Gasteiger partial charge on any atom is -0.494 e. The fraction of sp³-hybridized carbons (Fsp3) is 0.281. The van der Waals surface area contributed by atoms with Crippen LogP contribution in [0, 0.1) is 0 Å². The first-order chi connectivity index (χ1) is 19.9. The third-order valence-corrected chi connectivity index (χ3v) is 7.29. The van der Waals surface area contributed by atoms with E-state index in [9.17, 15) is 14.7 Å². The number of ether oxygens (including phenoxy) is 2. The van der Waals surface area contributed by atoms with Gasteiger partial charge in [-0.15, -0.1) is 0 Å². The molecule has 1 saturated heterocycles. The van der Waals surface area contributed by atoms with E-state index in [-0.39, 0.29) is 18.3 Å². The van der Waals surface area contributed by atoms with E-state index in [1.165, 1.54) is 7.11 Å². The van der Waals surface area contributed by atoms with Crippen LogP contribution in [0.25, 0.3) is 10.9 Å². The first-order valence-corrected chi connectivity index (χ1v) is 13.6. The lowest BCUT2D eigenvalue weighted by molar-refractivity contribution is 0.0600. The van der Waals surface area contributed by atoms with Gasteiger partial charge >= 0.3 is 5.97 Å². The molecule has 0 amide bonds. The van der Waals surface area contributed by atoms with Crippen molar-refractivity contribution in [1.82, 2.24) is 14.8 Å². The summed E-state index contributed by atoms with van der Waals surface area (Å²) in [5.74, 6) is -0.613. The smallest absolute Gasteiger partial charge is 0.337 e. The van der Waals surface area contributed by atoms with E-state index in [0.717, 1.165) is 38.3 Å². The van der Waals surface area contributed by atoms with Crippen LogP contribution in [0.1, 0.15) is 31.8 Å².